The monoisotopic (exact) mass is 282 g/mol. The molecule has 0 unspecified atom stereocenters. The quantitative estimate of drug-likeness (QED) is 0.858. The van der Waals surface area contributed by atoms with Crippen LogP contribution in [0, 0.1) is 6.92 Å². The van der Waals surface area contributed by atoms with Gasteiger partial charge in [-0.1, -0.05) is 36.5 Å². The standard InChI is InChI=1S/C17H18N2S/c1-12-10-15(6-7-16(12)17(18)20)19-9-8-13-4-2-3-5-14(13)11-19/h2-7,10H,8-9,11H2,1H3,(H2,18,20). The van der Waals surface area contributed by atoms with Crippen molar-refractivity contribution in [3.8, 4) is 0 Å². The Morgan fingerprint density at radius 2 is 1.90 bits per heavy atom. The summed E-state index contributed by atoms with van der Waals surface area (Å²) in [6, 6.07) is 15.0. The zero-order valence-corrected chi connectivity index (χ0v) is 12.4. The van der Waals surface area contributed by atoms with Gasteiger partial charge in [0, 0.05) is 24.3 Å². The van der Waals surface area contributed by atoms with Gasteiger partial charge in [-0.05, 0) is 48.2 Å². The Hall–Kier alpha value is -1.87. The molecule has 2 N–H and O–H groups in total. The van der Waals surface area contributed by atoms with Gasteiger partial charge >= 0.3 is 0 Å². The fraction of sp³-hybridized carbons (Fsp3) is 0.235. The predicted molar refractivity (Wildman–Crippen MR) is 88.3 cm³/mol. The van der Waals surface area contributed by atoms with Crippen LogP contribution in [-0.4, -0.2) is 11.5 Å². The van der Waals surface area contributed by atoms with Crippen LogP contribution in [-0.2, 0) is 13.0 Å². The normalized spacial score (nSPS) is 13.9. The molecule has 3 heteroatoms. The third-order valence-electron chi connectivity index (χ3n) is 3.97. The molecular weight excluding hydrogens is 264 g/mol. The summed E-state index contributed by atoms with van der Waals surface area (Å²) in [5, 5.41) is 0. The van der Waals surface area contributed by atoms with E-state index in [9.17, 15) is 0 Å². The lowest BCUT2D eigenvalue weighted by Gasteiger charge is -2.31. The Balaban J connectivity index is 1.88. The van der Waals surface area contributed by atoms with E-state index in [2.05, 4.69) is 48.2 Å². The van der Waals surface area contributed by atoms with Crippen molar-refractivity contribution in [3.63, 3.8) is 0 Å². The third-order valence-corrected chi connectivity index (χ3v) is 4.19. The fourth-order valence-corrected chi connectivity index (χ4v) is 3.07. The molecule has 0 spiro atoms. The van der Waals surface area contributed by atoms with Gasteiger partial charge in [-0.2, -0.15) is 0 Å². The largest absolute Gasteiger partial charge is 0.389 e. The minimum atomic E-state index is 0.470. The number of nitrogens with two attached hydrogens (primary N) is 1. The fourth-order valence-electron chi connectivity index (χ4n) is 2.84. The number of fused-ring (bicyclic) bond motifs is 1. The van der Waals surface area contributed by atoms with Gasteiger partial charge in [0.2, 0.25) is 0 Å². The summed E-state index contributed by atoms with van der Waals surface area (Å²) in [7, 11) is 0. The molecule has 1 heterocycles. The number of hydrogen-bond acceptors (Lipinski definition) is 2. The summed E-state index contributed by atoms with van der Waals surface area (Å²) >= 11 is 5.07. The lowest BCUT2D eigenvalue weighted by molar-refractivity contribution is 0.731. The van der Waals surface area contributed by atoms with Crippen molar-refractivity contribution in [2.75, 3.05) is 11.4 Å². The average molecular weight is 282 g/mol. The third kappa shape index (κ3) is 2.41. The highest BCUT2D eigenvalue weighted by Gasteiger charge is 2.16. The minimum absolute atomic E-state index is 0.470. The molecule has 0 radical (unpaired) electrons. The first-order valence-corrected chi connectivity index (χ1v) is 7.28. The van der Waals surface area contributed by atoms with Gasteiger partial charge in [0.1, 0.15) is 4.99 Å². The number of benzene rings is 2. The lowest BCUT2D eigenvalue weighted by atomic mass is 9.99. The molecule has 20 heavy (non-hydrogen) atoms. The number of nitrogens with zero attached hydrogens (tertiary/aromatic N) is 1. The van der Waals surface area contributed by atoms with E-state index in [0.29, 0.717) is 4.99 Å². The second-order valence-electron chi connectivity index (χ2n) is 5.30. The number of hydrogen-bond donors (Lipinski definition) is 1. The van der Waals surface area contributed by atoms with Gasteiger partial charge in [0.15, 0.2) is 0 Å². The summed E-state index contributed by atoms with van der Waals surface area (Å²) in [4.78, 5) is 2.89. The molecule has 1 aliphatic rings. The molecule has 2 nitrogen and oxygen atoms in total. The van der Waals surface area contributed by atoms with Crippen LogP contribution in [0.2, 0.25) is 0 Å². The van der Waals surface area contributed by atoms with E-state index < -0.39 is 0 Å². The Bertz CT molecular complexity index is 664. The second kappa shape index (κ2) is 5.25. The number of aryl methyl sites for hydroxylation is 1. The first-order chi connectivity index (χ1) is 9.65. The Kier molecular flexibility index (Phi) is 3.45. The first-order valence-electron chi connectivity index (χ1n) is 6.87. The Morgan fingerprint density at radius 3 is 2.60 bits per heavy atom. The van der Waals surface area contributed by atoms with Crippen LogP contribution in [0.3, 0.4) is 0 Å². The van der Waals surface area contributed by atoms with Crippen molar-refractivity contribution < 1.29 is 0 Å². The van der Waals surface area contributed by atoms with Crippen LogP contribution in [0.4, 0.5) is 5.69 Å². The average Bonchev–Trinajstić information content (AvgIpc) is 2.46. The van der Waals surface area contributed by atoms with Gasteiger partial charge < -0.3 is 10.6 Å². The number of rotatable bonds is 2. The van der Waals surface area contributed by atoms with Crippen molar-refractivity contribution >= 4 is 22.9 Å². The van der Waals surface area contributed by atoms with Crippen LogP contribution in [0.5, 0.6) is 0 Å². The number of anilines is 1. The zero-order valence-electron chi connectivity index (χ0n) is 11.6. The summed E-state index contributed by atoms with van der Waals surface area (Å²) in [5.74, 6) is 0. The van der Waals surface area contributed by atoms with E-state index in [-0.39, 0.29) is 0 Å². The maximum absolute atomic E-state index is 5.72. The van der Waals surface area contributed by atoms with Crippen molar-refractivity contribution in [1.82, 2.24) is 0 Å². The van der Waals surface area contributed by atoms with Gasteiger partial charge in [0.25, 0.3) is 0 Å². The topological polar surface area (TPSA) is 29.3 Å². The number of thiocarbonyl (C=S) groups is 1. The van der Waals surface area contributed by atoms with Crippen LogP contribution >= 0.6 is 12.2 Å². The predicted octanol–water partition coefficient (Wildman–Crippen LogP) is 3.19. The highest BCUT2D eigenvalue weighted by Crippen LogP contribution is 2.26. The van der Waals surface area contributed by atoms with Gasteiger partial charge in [-0.25, -0.2) is 0 Å². The zero-order chi connectivity index (χ0) is 14.1. The van der Waals surface area contributed by atoms with Crippen molar-refractivity contribution in [3.05, 3.63) is 64.7 Å². The Morgan fingerprint density at radius 1 is 1.15 bits per heavy atom. The maximum atomic E-state index is 5.72. The molecule has 0 amide bonds. The summed E-state index contributed by atoms with van der Waals surface area (Å²) in [5.41, 5.74) is 12.0. The molecule has 0 fully saturated rings. The van der Waals surface area contributed by atoms with Gasteiger partial charge in [-0.3, -0.25) is 0 Å². The summed E-state index contributed by atoms with van der Waals surface area (Å²) in [6.45, 7) is 4.10. The van der Waals surface area contributed by atoms with Gasteiger partial charge in [0.05, 0.1) is 0 Å². The summed E-state index contributed by atoms with van der Waals surface area (Å²) in [6.07, 6.45) is 1.10. The second-order valence-corrected chi connectivity index (χ2v) is 5.74. The van der Waals surface area contributed by atoms with Crippen molar-refractivity contribution in [2.45, 2.75) is 19.9 Å². The molecule has 102 valence electrons. The molecule has 2 aromatic carbocycles. The molecule has 0 saturated carbocycles. The van der Waals surface area contributed by atoms with E-state index in [1.165, 1.54) is 16.8 Å². The van der Waals surface area contributed by atoms with E-state index in [0.717, 1.165) is 30.6 Å². The van der Waals surface area contributed by atoms with Crippen LogP contribution < -0.4 is 10.6 Å². The van der Waals surface area contributed by atoms with E-state index in [1.807, 2.05) is 6.07 Å². The molecular formula is C17H18N2S. The van der Waals surface area contributed by atoms with E-state index >= 15 is 0 Å². The molecule has 0 aliphatic carbocycles. The molecule has 1 aliphatic heterocycles. The van der Waals surface area contributed by atoms with Crippen LogP contribution in [0.25, 0.3) is 0 Å². The van der Waals surface area contributed by atoms with Crippen molar-refractivity contribution in [1.29, 1.82) is 0 Å². The molecule has 3 rings (SSSR count). The smallest absolute Gasteiger partial charge is 0.104 e. The lowest BCUT2D eigenvalue weighted by Crippen LogP contribution is -2.30. The Labute approximate surface area is 125 Å². The van der Waals surface area contributed by atoms with E-state index in [4.69, 9.17) is 18.0 Å². The molecule has 0 bridgehead atoms. The molecule has 0 saturated heterocycles. The van der Waals surface area contributed by atoms with Crippen LogP contribution in [0.15, 0.2) is 42.5 Å². The molecule has 0 atom stereocenters. The van der Waals surface area contributed by atoms with E-state index in [1.54, 1.807) is 0 Å². The highest BCUT2D eigenvalue weighted by molar-refractivity contribution is 7.80. The van der Waals surface area contributed by atoms with Gasteiger partial charge in [-0.15, -0.1) is 0 Å². The van der Waals surface area contributed by atoms with Crippen LogP contribution in [0.1, 0.15) is 22.3 Å². The first kappa shape index (κ1) is 13.1. The SMILES string of the molecule is Cc1cc(N2CCc3ccccc3C2)ccc1C(N)=S. The van der Waals surface area contributed by atoms with Crippen molar-refractivity contribution in [2.24, 2.45) is 5.73 Å². The highest BCUT2D eigenvalue weighted by atomic mass is 32.1. The minimum Gasteiger partial charge on any atom is -0.389 e. The molecule has 0 aromatic heterocycles. The molecule has 2 aromatic rings. The summed E-state index contributed by atoms with van der Waals surface area (Å²) < 4.78 is 0. The maximum Gasteiger partial charge on any atom is 0.104 e.